The van der Waals surface area contributed by atoms with E-state index in [0.29, 0.717) is 28.2 Å². The molecule has 0 saturated carbocycles. The summed E-state index contributed by atoms with van der Waals surface area (Å²) in [6, 6.07) is 12.2. The standard InChI is InChI=1S/C23H14Cl2F3N3O2/c24-17-8-15(9-18(25)21(17)28)29-10-14-11-31(16-4-1-12(2-5-16)23(32)33)30-22(14)13-3-6-19(26)20(27)7-13/h1-9,11,29H,10H2,(H,32,33). The number of hydrogen-bond acceptors (Lipinski definition) is 3. The number of aromatic nitrogens is 2. The number of carboxylic acid groups (broad SMARTS) is 1. The molecule has 5 nitrogen and oxygen atoms in total. The van der Waals surface area contributed by atoms with Crippen LogP contribution in [-0.2, 0) is 6.54 Å². The topological polar surface area (TPSA) is 67.2 Å². The summed E-state index contributed by atoms with van der Waals surface area (Å²) in [4.78, 5) is 11.1. The van der Waals surface area contributed by atoms with Gasteiger partial charge in [0.05, 0.1) is 27.0 Å². The Bertz CT molecular complexity index is 1330. The summed E-state index contributed by atoms with van der Waals surface area (Å²) in [5, 5.41) is 16.3. The summed E-state index contributed by atoms with van der Waals surface area (Å²) < 4.78 is 42.5. The molecule has 0 aliphatic carbocycles. The van der Waals surface area contributed by atoms with Crippen LogP contribution in [0.5, 0.6) is 0 Å². The maximum Gasteiger partial charge on any atom is 0.335 e. The SMILES string of the molecule is O=C(O)c1ccc(-n2cc(CNc3cc(Cl)c(F)c(Cl)c3)c(-c3ccc(F)c(F)c3)n2)cc1. The highest BCUT2D eigenvalue weighted by molar-refractivity contribution is 6.35. The van der Waals surface area contributed by atoms with Crippen LogP contribution in [0.3, 0.4) is 0 Å². The molecular formula is C23H14Cl2F3N3O2. The lowest BCUT2D eigenvalue weighted by Crippen LogP contribution is -2.01. The summed E-state index contributed by atoms with van der Waals surface area (Å²) in [5.41, 5.74) is 2.41. The van der Waals surface area contributed by atoms with Crippen molar-refractivity contribution in [1.29, 1.82) is 0 Å². The second-order valence-corrected chi connectivity index (χ2v) is 7.85. The van der Waals surface area contributed by atoms with E-state index in [4.69, 9.17) is 28.3 Å². The largest absolute Gasteiger partial charge is 0.478 e. The van der Waals surface area contributed by atoms with E-state index in [1.165, 1.54) is 35.0 Å². The highest BCUT2D eigenvalue weighted by atomic mass is 35.5. The normalized spacial score (nSPS) is 10.9. The number of rotatable bonds is 6. The molecule has 2 N–H and O–H groups in total. The fourth-order valence-electron chi connectivity index (χ4n) is 3.17. The van der Waals surface area contributed by atoms with Gasteiger partial charge in [-0.3, -0.25) is 0 Å². The smallest absolute Gasteiger partial charge is 0.335 e. The van der Waals surface area contributed by atoms with Crippen molar-refractivity contribution in [2.45, 2.75) is 6.54 Å². The first kappa shape index (κ1) is 22.7. The second-order valence-electron chi connectivity index (χ2n) is 7.04. The number of benzene rings is 3. The van der Waals surface area contributed by atoms with Gasteiger partial charge in [-0.1, -0.05) is 23.2 Å². The summed E-state index contributed by atoms with van der Waals surface area (Å²) >= 11 is 11.7. The molecule has 1 aromatic heterocycles. The van der Waals surface area contributed by atoms with E-state index in [9.17, 15) is 18.0 Å². The van der Waals surface area contributed by atoms with Gasteiger partial charge in [0.25, 0.3) is 0 Å². The first-order chi connectivity index (χ1) is 15.7. The highest BCUT2D eigenvalue weighted by Crippen LogP contribution is 2.29. The molecule has 3 aromatic carbocycles. The van der Waals surface area contributed by atoms with Crippen molar-refractivity contribution in [2.75, 3.05) is 5.32 Å². The average molecular weight is 492 g/mol. The Balaban J connectivity index is 1.72. The van der Waals surface area contributed by atoms with E-state index in [2.05, 4.69) is 10.4 Å². The molecule has 0 atom stereocenters. The second kappa shape index (κ2) is 9.17. The van der Waals surface area contributed by atoms with Gasteiger partial charge in [0.2, 0.25) is 0 Å². The molecule has 0 fully saturated rings. The molecule has 4 rings (SSSR count). The Morgan fingerprint density at radius 1 is 0.970 bits per heavy atom. The molecule has 0 saturated heterocycles. The van der Waals surface area contributed by atoms with Crippen LogP contribution in [0.25, 0.3) is 16.9 Å². The minimum atomic E-state index is -1.06. The van der Waals surface area contributed by atoms with Crippen LogP contribution in [-0.4, -0.2) is 20.9 Å². The maximum atomic E-state index is 13.9. The van der Waals surface area contributed by atoms with Crippen molar-refractivity contribution in [3.63, 3.8) is 0 Å². The first-order valence-electron chi connectivity index (χ1n) is 9.49. The Kier molecular flexibility index (Phi) is 6.31. The van der Waals surface area contributed by atoms with Crippen LogP contribution in [0.15, 0.2) is 60.8 Å². The summed E-state index contributed by atoms with van der Waals surface area (Å²) in [6.45, 7) is 0.166. The van der Waals surface area contributed by atoms with Crippen molar-refractivity contribution in [2.24, 2.45) is 0 Å². The lowest BCUT2D eigenvalue weighted by Gasteiger charge is -2.09. The van der Waals surface area contributed by atoms with Crippen molar-refractivity contribution < 1.29 is 23.1 Å². The summed E-state index contributed by atoms with van der Waals surface area (Å²) in [6.07, 6.45) is 1.66. The van der Waals surface area contributed by atoms with E-state index < -0.39 is 23.4 Å². The monoisotopic (exact) mass is 491 g/mol. The molecule has 0 aliphatic heterocycles. The minimum absolute atomic E-state index is 0.110. The molecule has 0 unspecified atom stereocenters. The zero-order valence-electron chi connectivity index (χ0n) is 16.6. The van der Waals surface area contributed by atoms with Crippen molar-refractivity contribution in [3.8, 4) is 16.9 Å². The van der Waals surface area contributed by atoms with Gasteiger partial charge in [0.1, 0.15) is 0 Å². The Morgan fingerprint density at radius 3 is 2.24 bits per heavy atom. The number of nitrogens with one attached hydrogen (secondary N) is 1. The molecule has 0 spiro atoms. The van der Waals surface area contributed by atoms with Crippen LogP contribution >= 0.6 is 23.2 Å². The number of carboxylic acids is 1. The molecule has 0 aliphatic rings. The third-order valence-electron chi connectivity index (χ3n) is 4.83. The predicted molar refractivity (Wildman–Crippen MR) is 120 cm³/mol. The van der Waals surface area contributed by atoms with E-state index in [-0.39, 0.29) is 22.2 Å². The highest BCUT2D eigenvalue weighted by Gasteiger charge is 2.16. The Morgan fingerprint density at radius 2 is 1.64 bits per heavy atom. The molecule has 0 amide bonds. The van der Waals surface area contributed by atoms with Gasteiger partial charge in [0.15, 0.2) is 17.5 Å². The summed E-state index contributed by atoms with van der Waals surface area (Å²) in [7, 11) is 0. The lowest BCUT2D eigenvalue weighted by molar-refractivity contribution is 0.0697. The van der Waals surface area contributed by atoms with Crippen molar-refractivity contribution in [3.05, 3.63) is 99.4 Å². The number of nitrogens with zero attached hydrogens (tertiary/aromatic N) is 2. The van der Waals surface area contributed by atoms with Crippen LogP contribution in [0.1, 0.15) is 15.9 Å². The van der Waals surface area contributed by atoms with Crippen LogP contribution in [0.2, 0.25) is 10.0 Å². The fraction of sp³-hybridized carbons (Fsp3) is 0.0435. The number of aromatic carboxylic acids is 1. The Labute approximate surface area is 196 Å². The molecule has 4 aromatic rings. The molecular weight excluding hydrogens is 478 g/mol. The number of anilines is 1. The number of hydrogen-bond donors (Lipinski definition) is 2. The molecule has 10 heteroatoms. The van der Waals surface area contributed by atoms with Crippen molar-refractivity contribution >= 4 is 34.9 Å². The Hall–Kier alpha value is -3.49. The quantitative estimate of drug-likeness (QED) is 0.299. The zero-order valence-corrected chi connectivity index (χ0v) is 18.1. The molecule has 1 heterocycles. The van der Waals surface area contributed by atoms with Gasteiger partial charge in [-0.15, -0.1) is 0 Å². The van der Waals surface area contributed by atoms with Gasteiger partial charge in [-0.25, -0.2) is 22.6 Å². The first-order valence-corrected chi connectivity index (χ1v) is 10.2. The van der Waals surface area contributed by atoms with Crippen molar-refractivity contribution in [1.82, 2.24) is 9.78 Å². The number of halogens is 5. The molecule has 33 heavy (non-hydrogen) atoms. The van der Waals surface area contributed by atoms with Gasteiger partial charge >= 0.3 is 5.97 Å². The molecule has 0 bridgehead atoms. The molecule has 0 radical (unpaired) electrons. The fourth-order valence-corrected chi connectivity index (χ4v) is 3.66. The third kappa shape index (κ3) is 4.81. The van der Waals surface area contributed by atoms with E-state index in [1.807, 2.05) is 0 Å². The van der Waals surface area contributed by atoms with E-state index in [0.717, 1.165) is 12.1 Å². The van der Waals surface area contributed by atoms with Gasteiger partial charge in [-0.2, -0.15) is 5.10 Å². The van der Waals surface area contributed by atoms with Gasteiger partial charge < -0.3 is 10.4 Å². The van der Waals surface area contributed by atoms with Gasteiger partial charge in [0, 0.05) is 29.6 Å². The molecule has 168 valence electrons. The minimum Gasteiger partial charge on any atom is -0.478 e. The van der Waals surface area contributed by atoms with Crippen LogP contribution in [0.4, 0.5) is 18.9 Å². The third-order valence-corrected chi connectivity index (χ3v) is 5.38. The number of carbonyl (C=O) groups is 1. The van der Waals surface area contributed by atoms with Gasteiger partial charge in [-0.05, 0) is 54.6 Å². The predicted octanol–water partition coefficient (Wildman–Crippen LogP) is 6.57. The van der Waals surface area contributed by atoms with E-state index in [1.54, 1.807) is 18.3 Å². The van der Waals surface area contributed by atoms with Crippen LogP contribution < -0.4 is 5.32 Å². The van der Waals surface area contributed by atoms with Crippen LogP contribution in [0, 0.1) is 17.5 Å². The maximum absolute atomic E-state index is 13.9. The van der Waals surface area contributed by atoms with E-state index >= 15 is 0 Å². The zero-order chi connectivity index (χ0) is 23.7. The average Bonchev–Trinajstić information content (AvgIpc) is 3.22. The summed E-state index contributed by atoms with van der Waals surface area (Å²) in [5.74, 6) is -3.81. The lowest BCUT2D eigenvalue weighted by atomic mass is 10.1.